The van der Waals surface area contributed by atoms with Gasteiger partial charge < -0.3 is 5.32 Å². The fourth-order valence-corrected chi connectivity index (χ4v) is 1.87. The molecule has 0 aromatic carbocycles. The van der Waals surface area contributed by atoms with Crippen LogP contribution in [-0.4, -0.2) is 32.2 Å². The molecule has 1 heterocycles. The highest BCUT2D eigenvalue weighted by molar-refractivity contribution is 7.84. The van der Waals surface area contributed by atoms with Crippen molar-refractivity contribution in [2.24, 2.45) is 0 Å². The number of hydrogen-bond acceptors (Lipinski definition) is 4. The van der Waals surface area contributed by atoms with Gasteiger partial charge >= 0.3 is 6.18 Å². The van der Waals surface area contributed by atoms with Crippen LogP contribution in [0.3, 0.4) is 0 Å². The minimum absolute atomic E-state index is 0.0320. The maximum Gasteiger partial charge on any atom is 0.451 e. The van der Waals surface area contributed by atoms with Gasteiger partial charge in [-0.1, -0.05) is 18.5 Å². The van der Waals surface area contributed by atoms with E-state index < -0.39 is 22.8 Å². The summed E-state index contributed by atoms with van der Waals surface area (Å²) in [4.78, 5) is 6.39. The summed E-state index contributed by atoms with van der Waals surface area (Å²) in [7, 11) is -0.990. The van der Waals surface area contributed by atoms with Gasteiger partial charge in [0, 0.05) is 34.9 Å². The number of nitrogens with zero attached hydrogens (tertiary/aromatic N) is 2. The molecule has 0 aliphatic carbocycles. The normalized spacial score (nSPS) is 13.4. The quantitative estimate of drug-likeness (QED) is 0.848. The fourth-order valence-electron chi connectivity index (χ4n) is 1.07. The largest absolute Gasteiger partial charge is 0.451 e. The molecular formula is C9H11ClF3N3OS. The maximum atomic E-state index is 12.4. The van der Waals surface area contributed by atoms with Gasteiger partial charge in [0.1, 0.15) is 11.0 Å². The van der Waals surface area contributed by atoms with Gasteiger partial charge in [-0.15, -0.1) is 0 Å². The first-order valence-corrected chi connectivity index (χ1v) is 6.90. The number of hydrogen-bond donors (Lipinski definition) is 1. The van der Waals surface area contributed by atoms with Gasteiger partial charge in [0.2, 0.25) is 5.82 Å². The summed E-state index contributed by atoms with van der Waals surface area (Å²) in [6.07, 6.45) is -4.65. The highest BCUT2D eigenvalue weighted by Crippen LogP contribution is 2.28. The first-order valence-electron chi connectivity index (χ1n) is 5.03. The molecule has 1 atom stereocenters. The van der Waals surface area contributed by atoms with E-state index in [2.05, 4.69) is 15.3 Å². The SMILES string of the molecule is CCS(=O)CCNc1cc(Cl)nc(C(F)(F)F)n1. The molecule has 0 spiro atoms. The Bertz CT molecular complexity index is 442. The molecule has 0 saturated heterocycles. The molecule has 0 fully saturated rings. The molecule has 0 amide bonds. The predicted octanol–water partition coefficient (Wildman–Crippen LogP) is 2.33. The Morgan fingerprint density at radius 1 is 1.44 bits per heavy atom. The van der Waals surface area contributed by atoms with Crippen LogP contribution in [0.15, 0.2) is 6.07 Å². The Hall–Kier alpha value is -0.890. The molecule has 0 aliphatic rings. The number of anilines is 1. The summed E-state index contributed by atoms with van der Waals surface area (Å²) in [5, 5.41) is 2.34. The van der Waals surface area contributed by atoms with E-state index in [0.717, 1.165) is 0 Å². The van der Waals surface area contributed by atoms with Crippen molar-refractivity contribution in [1.29, 1.82) is 0 Å². The zero-order chi connectivity index (χ0) is 13.8. The molecule has 18 heavy (non-hydrogen) atoms. The predicted molar refractivity (Wildman–Crippen MR) is 64.1 cm³/mol. The van der Waals surface area contributed by atoms with E-state index in [1.165, 1.54) is 6.07 Å². The molecule has 1 unspecified atom stereocenters. The zero-order valence-electron chi connectivity index (χ0n) is 9.42. The van der Waals surface area contributed by atoms with Crippen molar-refractivity contribution in [3.63, 3.8) is 0 Å². The van der Waals surface area contributed by atoms with Crippen LogP contribution in [0.5, 0.6) is 0 Å². The van der Waals surface area contributed by atoms with Crippen molar-refractivity contribution < 1.29 is 17.4 Å². The topological polar surface area (TPSA) is 54.9 Å². The van der Waals surface area contributed by atoms with E-state index in [-0.39, 0.29) is 17.5 Å². The number of halogens is 4. The van der Waals surface area contributed by atoms with Gasteiger partial charge in [-0.05, 0) is 0 Å². The van der Waals surface area contributed by atoms with E-state index in [9.17, 15) is 17.4 Å². The molecule has 4 nitrogen and oxygen atoms in total. The molecule has 0 saturated carbocycles. The average molecular weight is 302 g/mol. The minimum atomic E-state index is -4.65. The van der Waals surface area contributed by atoms with Gasteiger partial charge in [0.25, 0.3) is 0 Å². The third kappa shape index (κ3) is 4.77. The minimum Gasteiger partial charge on any atom is -0.369 e. The number of rotatable bonds is 5. The second-order valence-corrected chi connectivity index (χ2v) is 5.51. The van der Waals surface area contributed by atoms with E-state index in [0.29, 0.717) is 11.5 Å². The third-order valence-electron chi connectivity index (χ3n) is 1.91. The van der Waals surface area contributed by atoms with Gasteiger partial charge in [-0.2, -0.15) is 13.2 Å². The van der Waals surface area contributed by atoms with Crippen LogP contribution in [0.1, 0.15) is 12.7 Å². The van der Waals surface area contributed by atoms with Gasteiger partial charge in [0.15, 0.2) is 0 Å². The molecule has 1 N–H and O–H groups in total. The summed E-state index contributed by atoms with van der Waals surface area (Å²) in [5.74, 6) is -0.496. The summed E-state index contributed by atoms with van der Waals surface area (Å²) in [5.41, 5.74) is 0. The lowest BCUT2D eigenvalue weighted by molar-refractivity contribution is -0.144. The smallest absolute Gasteiger partial charge is 0.369 e. The van der Waals surface area contributed by atoms with Gasteiger partial charge in [0.05, 0.1) is 0 Å². The third-order valence-corrected chi connectivity index (χ3v) is 3.40. The van der Waals surface area contributed by atoms with Crippen LogP contribution in [0.25, 0.3) is 0 Å². The Morgan fingerprint density at radius 2 is 2.11 bits per heavy atom. The average Bonchev–Trinajstić information content (AvgIpc) is 2.27. The van der Waals surface area contributed by atoms with Crippen LogP contribution in [0.4, 0.5) is 19.0 Å². The van der Waals surface area contributed by atoms with Crippen LogP contribution < -0.4 is 5.32 Å². The lowest BCUT2D eigenvalue weighted by Crippen LogP contribution is -2.16. The number of alkyl halides is 3. The molecule has 0 aliphatic heterocycles. The lowest BCUT2D eigenvalue weighted by Gasteiger charge is -2.09. The van der Waals surface area contributed by atoms with Crippen molar-refractivity contribution in [2.45, 2.75) is 13.1 Å². The van der Waals surface area contributed by atoms with Crippen LogP contribution >= 0.6 is 11.6 Å². The van der Waals surface area contributed by atoms with Crippen molar-refractivity contribution in [1.82, 2.24) is 9.97 Å². The highest BCUT2D eigenvalue weighted by Gasteiger charge is 2.35. The molecule has 9 heteroatoms. The van der Waals surface area contributed by atoms with E-state index >= 15 is 0 Å². The van der Waals surface area contributed by atoms with E-state index in [1.54, 1.807) is 6.92 Å². The first kappa shape index (κ1) is 15.2. The molecule has 1 rings (SSSR count). The molecular weight excluding hydrogens is 291 g/mol. The standard InChI is InChI=1S/C9H11ClF3N3OS/c1-2-18(17)4-3-14-7-5-6(10)15-8(16-7)9(11,12)13/h5H,2-4H2,1H3,(H,14,15,16). The number of aromatic nitrogens is 2. The van der Waals surface area contributed by atoms with Gasteiger partial charge in [-0.25, -0.2) is 9.97 Å². The highest BCUT2D eigenvalue weighted by atomic mass is 35.5. The molecule has 0 radical (unpaired) electrons. The van der Waals surface area contributed by atoms with E-state index in [1.807, 2.05) is 0 Å². The van der Waals surface area contributed by atoms with Crippen molar-refractivity contribution in [3.8, 4) is 0 Å². The maximum absolute atomic E-state index is 12.4. The van der Waals surface area contributed by atoms with Crippen LogP contribution in [0, 0.1) is 0 Å². The number of nitrogens with one attached hydrogen (secondary N) is 1. The Kier molecular flexibility index (Phi) is 5.33. The molecule has 1 aromatic heterocycles. The molecule has 1 aromatic rings. The molecule has 0 bridgehead atoms. The monoisotopic (exact) mass is 301 g/mol. The Labute approximate surface area is 109 Å². The van der Waals surface area contributed by atoms with Crippen molar-refractivity contribution >= 4 is 28.2 Å². The lowest BCUT2D eigenvalue weighted by atomic mass is 10.5. The summed E-state index contributed by atoms with van der Waals surface area (Å²) < 4.78 is 48.3. The fraction of sp³-hybridized carbons (Fsp3) is 0.556. The van der Waals surface area contributed by atoms with E-state index in [4.69, 9.17) is 11.6 Å². The van der Waals surface area contributed by atoms with Crippen molar-refractivity contribution in [2.75, 3.05) is 23.4 Å². The van der Waals surface area contributed by atoms with Crippen LogP contribution in [-0.2, 0) is 17.0 Å². The Morgan fingerprint density at radius 3 is 2.67 bits per heavy atom. The summed E-state index contributed by atoms with van der Waals surface area (Å²) in [6, 6.07) is 1.19. The van der Waals surface area contributed by atoms with Gasteiger partial charge in [-0.3, -0.25) is 4.21 Å². The second-order valence-electron chi connectivity index (χ2n) is 3.26. The van der Waals surface area contributed by atoms with Crippen LogP contribution in [0.2, 0.25) is 5.15 Å². The molecule has 102 valence electrons. The summed E-state index contributed by atoms with van der Waals surface area (Å²) >= 11 is 5.47. The summed E-state index contributed by atoms with van der Waals surface area (Å²) in [6.45, 7) is 2.02. The Balaban J connectivity index is 2.72. The zero-order valence-corrected chi connectivity index (χ0v) is 11.0. The van der Waals surface area contributed by atoms with Crippen molar-refractivity contribution in [3.05, 3.63) is 17.0 Å². The second kappa shape index (κ2) is 6.33. The first-order chi connectivity index (χ1) is 8.32.